The van der Waals surface area contributed by atoms with E-state index in [4.69, 9.17) is 0 Å². The molecule has 0 atom stereocenters. The van der Waals surface area contributed by atoms with E-state index in [0.29, 0.717) is 0 Å². The van der Waals surface area contributed by atoms with Crippen molar-refractivity contribution in [1.29, 1.82) is 0 Å². The predicted octanol–water partition coefficient (Wildman–Crippen LogP) is 5.99. The van der Waals surface area contributed by atoms with Crippen LogP contribution in [0.1, 0.15) is 43.7 Å². The van der Waals surface area contributed by atoms with Gasteiger partial charge in [-0.3, -0.25) is 0 Å². The highest BCUT2D eigenvalue weighted by atomic mass is 19.4. The van der Waals surface area contributed by atoms with E-state index in [-0.39, 0.29) is 17.2 Å². The summed E-state index contributed by atoms with van der Waals surface area (Å²) in [4.78, 5) is 12.7. The van der Waals surface area contributed by atoms with Crippen molar-refractivity contribution in [1.82, 2.24) is 10.6 Å². The van der Waals surface area contributed by atoms with Crippen LogP contribution in [0.25, 0.3) is 0 Å². The Bertz CT molecular complexity index is 912. The van der Waals surface area contributed by atoms with E-state index < -0.39 is 35.8 Å². The molecule has 5 nitrogen and oxygen atoms in total. The van der Waals surface area contributed by atoms with Gasteiger partial charge in [0.05, 0.1) is 5.54 Å². The Hall–Kier alpha value is -3.11. The third-order valence-corrected chi connectivity index (χ3v) is 5.34. The number of alkyl halides is 6. The normalized spacial score (nSPS) is 15.2. The van der Waals surface area contributed by atoms with E-state index in [2.05, 4.69) is 20.1 Å². The van der Waals surface area contributed by atoms with Crippen LogP contribution in [0.2, 0.25) is 0 Å². The molecule has 1 saturated carbocycles. The Kier molecular flexibility index (Phi) is 6.99. The molecule has 1 aliphatic rings. The van der Waals surface area contributed by atoms with E-state index >= 15 is 0 Å². The lowest BCUT2D eigenvalue weighted by atomic mass is 9.84. The van der Waals surface area contributed by atoms with Crippen LogP contribution >= 0.6 is 0 Å². The molecule has 0 heterocycles. The fourth-order valence-corrected chi connectivity index (χ4v) is 3.84. The van der Waals surface area contributed by atoms with Crippen LogP contribution in [0.5, 0.6) is 11.5 Å². The van der Waals surface area contributed by atoms with E-state index in [1.165, 1.54) is 31.2 Å². The topological polar surface area (TPSA) is 59.6 Å². The number of hydrogen-bond donors (Lipinski definition) is 2. The van der Waals surface area contributed by atoms with Crippen LogP contribution in [-0.4, -0.2) is 24.8 Å². The molecule has 0 radical (unpaired) electrons. The molecule has 0 unspecified atom stereocenters. The number of halogens is 6. The maximum Gasteiger partial charge on any atom is 0.573 e. The Balaban J connectivity index is 1.98. The maximum absolute atomic E-state index is 12.7. The third kappa shape index (κ3) is 6.93. The average molecular weight is 476 g/mol. The zero-order chi connectivity index (χ0) is 24.3. The summed E-state index contributed by atoms with van der Waals surface area (Å²) in [6.45, 7) is 1.47. The SMILES string of the molecule is CC(NC(=O)NC1CCCC1)(c1cccc(OC(F)(F)F)c1)c1cccc(OC(F)(F)F)c1. The van der Waals surface area contributed by atoms with Gasteiger partial charge in [0.1, 0.15) is 11.5 Å². The minimum atomic E-state index is -4.94. The first-order chi connectivity index (χ1) is 15.3. The van der Waals surface area contributed by atoms with Gasteiger partial charge in [0.25, 0.3) is 0 Å². The first-order valence-electron chi connectivity index (χ1n) is 10.2. The van der Waals surface area contributed by atoms with Crippen LogP contribution in [-0.2, 0) is 5.54 Å². The van der Waals surface area contributed by atoms with Crippen LogP contribution in [0.3, 0.4) is 0 Å². The van der Waals surface area contributed by atoms with Gasteiger partial charge in [-0.1, -0.05) is 37.1 Å². The van der Waals surface area contributed by atoms with Gasteiger partial charge >= 0.3 is 18.8 Å². The Morgan fingerprint density at radius 1 is 0.848 bits per heavy atom. The van der Waals surface area contributed by atoms with Gasteiger partial charge < -0.3 is 20.1 Å². The molecule has 0 aliphatic heterocycles. The smallest absolute Gasteiger partial charge is 0.406 e. The molecule has 180 valence electrons. The van der Waals surface area contributed by atoms with Crippen molar-refractivity contribution in [2.45, 2.75) is 56.9 Å². The summed E-state index contributed by atoms with van der Waals surface area (Å²) in [5.74, 6) is -1.07. The number of hydrogen-bond acceptors (Lipinski definition) is 3. The first kappa shape index (κ1) is 24.5. The van der Waals surface area contributed by atoms with E-state index in [1.54, 1.807) is 0 Å². The van der Waals surface area contributed by atoms with Crippen LogP contribution in [0.15, 0.2) is 48.5 Å². The van der Waals surface area contributed by atoms with Gasteiger partial charge in [-0.05, 0) is 55.2 Å². The summed E-state index contributed by atoms with van der Waals surface area (Å²) < 4.78 is 84.2. The number of ether oxygens (including phenoxy) is 2. The van der Waals surface area contributed by atoms with Gasteiger partial charge in [-0.2, -0.15) is 0 Å². The Labute approximate surface area is 186 Å². The van der Waals surface area contributed by atoms with Crippen molar-refractivity contribution in [2.24, 2.45) is 0 Å². The quantitative estimate of drug-likeness (QED) is 0.504. The standard InChI is InChI=1S/C22H22F6N2O3/c1-20(30-19(31)29-16-8-2-3-9-16,14-6-4-10-17(12-14)32-21(23,24)25)15-7-5-11-18(13-15)33-22(26,27)28/h4-7,10-13,16H,2-3,8-9H2,1H3,(H2,29,30,31). The van der Waals surface area contributed by atoms with Crippen molar-refractivity contribution in [3.05, 3.63) is 59.7 Å². The fraction of sp³-hybridized carbons (Fsp3) is 0.409. The van der Waals surface area contributed by atoms with Gasteiger partial charge in [-0.25, -0.2) is 4.79 Å². The fourth-order valence-electron chi connectivity index (χ4n) is 3.84. The molecule has 0 bridgehead atoms. The molecule has 2 N–H and O–H groups in total. The number of amides is 2. The van der Waals surface area contributed by atoms with E-state index in [0.717, 1.165) is 49.9 Å². The minimum absolute atomic E-state index is 0.0611. The highest BCUT2D eigenvalue weighted by molar-refractivity contribution is 5.76. The number of rotatable bonds is 6. The molecule has 3 rings (SSSR count). The summed E-state index contributed by atoms with van der Waals surface area (Å²) in [6, 6.07) is 9.11. The second-order valence-corrected chi connectivity index (χ2v) is 7.86. The molecule has 0 saturated heterocycles. The summed E-state index contributed by atoms with van der Waals surface area (Å²) in [7, 11) is 0. The zero-order valence-electron chi connectivity index (χ0n) is 17.5. The lowest BCUT2D eigenvalue weighted by Gasteiger charge is -2.33. The largest absolute Gasteiger partial charge is 0.573 e. The summed E-state index contributed by atoms with van der Waals surface area (Å²) in [5, 5.41) is 5.52. The number of carbonyl (C=O) groups excluding carboxylic acids is 1. The first-order valence-corrected chi connectivity index (χ1v) is 10.2. The highest BCUT2D eigenvalue weighted by Crippen LogP contribution is 2.35. The molecule has 0 aromatic heterocycles. The van der Waals surface area contributed by atoms with Crippen molar-refractivity contribution in [2.75, 3.05) is 0 Å². The minimum Gasteiger partial charge on any atom is -0.406 e. The monoisotopic (exact) mass is 476 g/mol. The molecule has 2 amide bonds. The van der Waals surface area contributed by atoms with Crippen LogP contribution in [0, 0.1) is 0 Å². The average Bonchev–Trinajstić information content (AvgIpc) is 3.18. The second kappa shape index (κ2) is 9.40. The van der Waals surface area contributed by atoms with Gasteiger partial charge in [0.2, 0.25) is 0 Å². The highest BCUT2D eigenvalue weighted by Gasteiger charge is 2.36. The Morgan fingerprint density at radius 3 is 1.73 bits per heavy atom. The molecule has 11 heteroatoms. The molecule has 0 spiro atoms. The second-order valence-electron chi connectivity index (χ2n) is 7.86. The van der Waals surface area contributed by atoms with E-state index in [9.17, 15) is 31.1 Å². The van der Waals surface area contributed by atoms with Crippen molar-refractivity contribution in [3.8, 4) is 11.5 Å². The zero-order valence-corrected chi connectivity index (χ0v) is 17.5. The molecule has 2 aromatic carbocycles. The summed E-state index contributed by atoms with van der Waals surface area (Å²) in [5.41, 5.74) is -1.19. The van der Waals surface area contributed by atoms with Gasteiger partial charge in [-0.15, -0.1) is 26.3 Å². The molecule has 1 fully saturated rings. The maximum atomic E-state index is 12.7. The molecule has 33 heavy (non-hydrogen) atoms. The lowest BCUT2D eigenvalue weighted by molar-refractivity contribution is -0.275. The number of urea groups is 1. The predicted molar refractivity (Wildman–Crippen MR) is 107 cm³/mol. The van der Waals surface area contributed by atoms with Crippen molar-refractivity contribution >= 4 is 6.03 Å². The third-order valence-electron chi connectivity index (χ3n) is 5.34. The number of benzene rings is 2. The molecular formula is C22H22F6N2O3. The van der Waals surface area contributed by atoms with Gasteiger partial charge in [0.15, 0.2) is 0 Å². The van der Waals surface area contributed by atoms with Crippen molar-refractivity contribution in [3.63, 3.8) is 0 Å². The van der Waals surface area contributed by atoms with Crippen molar-refractivity contribution < 1.29 is 40.6 Å². The molecule has 1 aliphatic carbocycles. The molecule has 2 aromatic rings. The number of nitrogens with one attached hydrogen (secondary N) is 2. The summed E-state index contributed by atoms with van der Waals surface area (Å²) in [6.07, 6.45) is -6.40. The summed E-state index contributed by atoms with van der Waals surface area (Å²) >= 11 is 0. The van der Waals surface area contributed by atoms with E-state index in [1.807, 2.05) is 0 Å². The van der Waals surface area contributed by atoms with Crippen LogP contribution in [0.4, 0.5) is 31.1 Å². The molecular weight excluding hydrogens is 454 g/mol. The lowest BCUT2D eigenvalue weighted by Crippen LogP contribution is -2.51. The Morgan fingerprint density at radius 2 is 1.30 bits per heavy atom. The van der Waals surface area contributed by atoms with Crippen LogP contribution < -0.4 is 20.1 Å². The van der Waals surface area contributed by atoms with Gasteiger partial charge in [0, 0.05) is 6.04 Å². The number of carbonyl (C=O) groups is 1.